The van der Waals surface area contributed by atoms with Gasteiger partial charge in [-0.1, -0.05) is 42.5 Å². The van der Waals surface area contributed by atoms with E-state index in [1.54, 1.807) is 0 Å². The molecule has 1 aliphatic rings. The van der Waals surface area contributed by atoms with Crippen molar-refractivity contribution in [3.63, 3.8) is 0 Å². The van der Waals surface area contributed by atoms with Crippen LogP contribution in [0, 0.1) is 5.92 Å². The van der Waals surface area contributed by atoms with Gasteiger partial charge in [-0.3, -0.25) is 0 Å². The Morgan fingerprint density at radius 1 is 1.00 bits per heavy atom. The Morgan fingerprint density at radius 2 is 1.86 bits per heavy atom. The fourth-order valence-electron chi connectivity index (χ4n) is 3.57. The summed E-state index contributed by atoms with van der Waals surface area (Å²) >= 11 is 1.81. The van der Waals surface area contributed by atoms with Gasteiger partial charge in [0, 0.05) is 10.7 Å². The first-order valence-corrected chi connectivity index (χ1v) is 8.49. The normalized spacial score (nSPS) is 19.4. The molecule has 0 fully saturated rings. The molecule has 21 heavy (non-hydrogen) atoms. The van der Waals surface area contributed by atoms with Gasteiger partial charge in [0.25, 0.3) is 0 Å². The SMILES string of the molecule is NC(c1cccc2ccsc12)C1CCc2ccccc2C1. The Labute approximate surface area is 129 Å². The molecule has 1 aliphatic carbocycles. The lowest BCUT2D eigenvalue weighted by Gasteiger charge is -2.29. The lowest BCUT2D eigenvalue weighted by Crippen LogP contribution is -2.27. The summed E-state index contributed by atoms with van der Waals surface area (Å²) in [5.74, 6) is 0.549. The summed E-state index contributed by atoms with van der Waals surface area (Å²) in [5, 5.41) is 3.49. The van der Waals surface area contributed by atoms with Gasteiger partial charge in [0.05, 0.1) is 0 Å². The van der Waals surface area contributed by atoms with Crippen molar-refractivity contribution >= 4 is 21.4 Å². The highest BCUT2D eigenvalue weighted by Gasteiger charge is 2.25. The van der Waals surface area contributed by atoms with Crippen molar-refractivity contribution in [2.45, 2.75) is 25.3 Å². The van der Waals surface area contributed by atoms with Crippen molar-refractivity contribution in [2.75, 3.05) is 0 Å². The number of nitrogens with two attached hydrogens (primary N) is 1. The predicted octanol–water partition coefficient (Wildman–Crippen LogP) is 4.71. The number of hydrogen-bond acceptors (Lipinski definition) is 2. The summed E-state index contributed by atoms with van der Waals surface area (Å²) in [4.78, 5) is 0. The number of aryl methyl sites for hydroxylation is 1. The Hall–Kier alpha value is -1.64. The molecule has 1 aromatic heterocycles. The number of hydrogen-bond donors (Lipinski definition) is 1. The second kappa shape index (κ2) is 5.28. The van der Waals surface area contributed by atoms with Crippen molar-refractivity contribution in [1.29, 1.82) is 0 Å². The summed E-state index contributed by atoms with van der Waals surface area (Å²) < 4.78 is 1.36. The lowest BCUT2D eigenvalue weighted by molar-refractivity contribution is 0.384. The van der Waals surface area contributed by atoms with Gasteiger partial charge in [-0.15, -0.1) is 11.3 Å². The molecule has 4 rings (SSSR count). The number of benzene rings is 2. The minimum Gasteiger partial charge on any atom is -0.324 e. The number of fused-ring (bicyclic) bond motifs is 2. The Bertz CT molecular complexity index is 774. The van der Waals surface area contributed by atoms with Crippen LogP contribution < -0.4 is 5.73 Å². The molecule has 3 aromatic rings. The van der Waals surface area contributed by atoms with E-state index in [-0.39, 0.29) is 6.04 Å². The highest BCUT2D eigenvalue weighted by Crippen LogP contribution is 2.36. The molecule has 2 N–H and O–H groups in total. The van der Waals surface area contributed by atoms with E-state index in [9.17, 15) is 0 Å². The third-order valence-corrected chi connectivity index (χ3v) is 5.74. The lowest BCUT2D eigenvalue weighted by atomic mass is 9.78. The van der Waals surface area contributed by atoms with Gasteiger partial charge in [0.2, 0.25) is 0 Å². The van der Waals surface area contributed by atoms with E-state index < -0.39 is 0 Å². The Kier molecular flexibility index (Phi) is 3.28. The molecule has 0 bridgehead atoms. The van der Waals surface area contributed by atoms with Crippen molar-refractivity contribution in [2.24, 2.45) is 11.7 Å². The third kappa shape index (κ3) is 2.29. The standard InChI is InChI=1S/C19H19NS/c20-18(17-7-3-6-14-10-11-21-19(14)17)16-9-8-13-4-1-2-5-15(13)12-16/h1-7,10-11,16,18H,8-9,12,20H2. The second-order valence-electron chi connectivity index (χ2n) is 5.98. The van der Waals surface area contributed by atoms with E-state index in [1.807, 2.05) is 11.3 Å². The number of rotatable bonds is 2. The Balaban J connectivity index is 1.67. The number of thiophene rings is 1. The largest absolute Gasteiger partial charge is 0.324 e. The van der Waals surface area contributed by atoms with Crippen molar-refractivity contribution in [3.05, 3.63) is 70.6 Å². The molecule has 1 heterocycles. The van der Waals surface area contributed by atoms with Crippen LogP contribution in [0.25, 0.3) is 10.1 Å². The van der Waals surface area contributed by atoms with Crippen LogP contribution in [0.2, 0.25) is 0 Å². The molecule has 106 valence electrons. The molecular weight excluding hydrogens is 274 g/mol. The van der Waals surface area contributed by atoms with Crippen LogP contribution in [0.4, 0.5) is 0 Å². The smallest absolute Gasteiger partial charge is 0.0390 e. The van der Waals surface area contributed by atoms with E-state index in [2.05, 4.69) is 53.9 Å². The van der Waals surface area contributed by atoms with E-state index in [0.29, 0.717) is 5.92 Å². The maximum atomic E-state index is 6.66. The molecule has 2 unspecified atom stereocenters. The molecular formula is C19H19NS. The van der Waals surface area contributed by atoms with Crippen molar-refractivity contribution in [3.8, 4) is 0 Å². The fraction of sp³-hybridized carbons (Fsp3) is 0.263. The molecule has 0 spiro atoms. The van der Waals surface area contributed by atoms with Gasteiger partial charge in [0.15, 0.2) is 0 Å². The molecule has 2 heteroatoms. The van der Waals surface area contributed by atoms with E-state index >= 15 is 0 Å². The maximum absolute atomic E-state index is 6.66. The van der Waals surface area contributed by atoms with Crippen LogP contribution in [0.3, 0.4) is 0 Å². The topological polar surface area (TPSA) is 26.0 Å². The monoisotopic (exact) mass is 293 g/mol. The van der Waals surface area contributed by atoms with Crippen LogP contribution in [0.15, 0.2) is 53.9 Å². The highest BCUT2D eigenvalue weighted by molar-refractivity contribution is 7.17. The molecule has 0 radical (unpaired) electrons. The summed E-state index contributed by atoms with van der Waals surface area (Å²) in [7, 11) is 0. The van der Waals surface area contributed by atoms with Crippen LogP contribution >= 0.6 is 11.3 Å². The van der Waals surface area contributed by atoms with Crippen LogP contribution in [0.1, 0.15) is 29.2 Å². The van der Waals surface area contributed by atoms with E-state index in [4.69, 9.17) is 5.73 Å². The second-order valence-corrected chi connectivity index (χ2v) is 6.90. The molecule has 0 saturated carbocycles. The zero-order chi connectivity index (χ0) is 14.2. The molecule has 1 nitrogen and oxygen atoms in total. The van der Waals surface area contributed by atoms with Crippen LogP contribution in [0.5, 0.6) is 0 Å². The predicted molar refractivity (Wildman–Crippen MR) is 90.7 cm³/mol. The average molecular weight is 293 g/mol. The molecule has 0 amide bonds. The first-order chi connectivity index (χ1) is 10.3. The summed E-state index contributed by atoms with van der Waals surface area (Å²) in [6.07, 6.45) is 3.47. The highest BCUT2D eigenvalue weighted by atomic mass is 32.1. The van der Waals surface area contributed by atoms with E-state index in [0.717, 1.165) is 12.8 Å². The van der Waals surface area contributed by atoms with Crippen molar-refractivity contribution in [1.82, 2.24) is 0 Å². The molecule has 2 aromatic carbocycles. The minimum atomic E-state index is 0.140. The van der Waals surface area contributed by atoms with Crippen LogP contribution in [-0.4, -0.2) is 0 Å². The first-order valence-electron chi connectivity index (χ1n) is 7.61. The summed E-state index contributed by atoms with van der Waals surface area (Å²) in [6, 6.07) is 17.7. The van der Waals surface area contributed by atoms with Gasteiger partial charge >= 0.3 is 0 Å². The third-order valence-electron chi connectivity index (χ3n) is 4.76. The van der Waals surface area contributed by atoms with Gasteiger partial charge in [-0.05, 0) is 58.7 Å². The van der Waals surface area contributed by atoms with Gasteiger partial charge in [0.1, 0.15) is 0 Å². The summed E-state index contributed by atoms with van der Waals surface area (Å²) in [6.45, 7) is 0. The summed E-state index contributed by atoms with van der Waals surface area (Å²) in [5.41, 5.74) is 11.0. The van der Waals surface area contributed by atoms with E-state index in [1.165, 1.54) is 33.2 Å². The first kappa shape index (κ1) is 13.1. The zero-order valence-corrected chi connectivity index (χ0v) is 12.8. The van der Waals surface area contributed by atoms with Gasteiger partial charge in [-0.25, -0.2) is 0 Å². The average Bonchev–Trinajstić information content (AvgIpc) is 3.02. The fourth-order valence-corrected chi connectivity index (χ4v) is 4.53. The van der Waals surface area contributed by atoms with Gasteiger partial charge < -0.3 is 5.73 Å². The maximum Gasteiger partial charge on any atom is 0.0390 e. The quantitative estimate of drug-likeness (QED) is 0.728. The molecule has 2 atom stereocenters. The molecule has 0 aliphatic heterocycles. The molecule has 0 saturated heterocycles. The zero-order valence-electron chi connectivity index (χ0n) is 12.0. The minimum absolute atomic E-state index is 0.140. The van der Waals surface area contributed by atoms with Crippen LogP contribution in [-0.2, 0) is 12.8 Å². The Morgan fingerprint density at radius 3 is 2.76 bits per heavy atom. The van der Waals surface area contributed by atoms with Crippen molar-refractivity contribution < 1.29 is 0 Å². The van der Waals surface area contributed by atoms with Gasteiger partial charge in [-0.2, -0.15) is 0 Å².